The molecule has 1 aliphatic rings. The topological polar surface area (TPSA) is 38.3 Å². The SMILES string of the molecule is C[C@@H](NC(=O)OC(C)(C)C)C1=Cc2ccccc2[C@H](c2ccc(Cl)c(Cl)c2)C1. The van der Waals surface area contributed by atoms with Crippen LogP contribution < -0.4 is 5.32 Å². The minimum absolute atomic E-state index is 0.145. The first kappa shape index (κ1) is 20.8. The van der Waals surface area contributed by atoms with E-state index in [0.29, 0.717) is 10.0 Å². The van der Waals surface area contributed by atoms with Gasteiger partial charge in [-0.05, 0) is 68.5 Å². The van der Waals surface area contributed by atoms with Crippen molar-refractivity contribution in [2.24, 2.45) is 0 Å². The number of fused-ring (bicyclic) bond motifs is 1. The Hall–Kier alpha value is -1.97. The number of carbonyl (C=O) groups excluding carboxylic acids is 1. The molecule has 2 aromatic rings. The second kappa shape index (κ2) is 8.18. The highest BCUT2D eigenvalue weighted by molar-refractivity contribution is 6.42. The van der Waals surface area contributed by atoms with Gasteiger partial charge in [0.2, 0.25) is 0 Å². The summed E-state index contributed by atoms with van der Waals surface area (Å²) < 4.78 is 5.40. The summed E-state index contributed by atoms with van der Waals surface area (Å²) in [5, 5.41) is 4.05. The highest BCUT2D eigenvalue weighted by Crippen LogP contribution is 2.40. The number of benzene rings is 2. The molecule has 2 atom stereocenters. The van der Waals surface area contributed by atoms with Crippen LogP contribution in [0.3, 0.4) is 0 Å². The van der Waals surface area contributed by atoms with Crippen molar-refractivity contribution in [2.75, 3.05) is 0 Å². The number of ether oxygens (including phenoxy) is 1. The van der Waals surface area contributed by atoms with Crippen LogP contribution in [0.1, 0.15) is 56.7 Å². The third-order valence-electron chi connectivity index (χ3n) is 4.79. The molecular formula is C23H25Cl2NO2. The predicted molar refractivity (Wildman–Crippen MR) is 116 cm³/mol. The van der Waals surface area contributed by atoms with E-state index in [9.17, 15) is 4.79 Å². The summed E-state index contributed by atoms with van der Waals surface area (Å²) in [4.78, 5) is 12.2. The summed E-state index contributed by atoms with van der Waals surface area (Å²) in [5.41, 5.74) is 4.12. The molecule has 0 spiro atoms. The maximum absolute atomic E-state index is 12.2. The van der Waals surface area contributed by atoms with E-state index in [4.69, 9.17) is 27.9 Å². The summed E-state index contributed by atoms with van der Waals surface area (Å²) in [6.45, 7) is 7.55. The van der Waals surface area contributed by atoms with E-state index >= 15 is 0 Å². The highest BCUT2D eigenvalue weighted by Gasteiger charge is 2.27. The van der Waals surface area contributed by atoms with E-state index in [1.54, 1.807) is 0 Å². The van der Waals surface area contributed by atoms with Crippen LogP contribution in [-0.2, 0) is 4.74 Å². The number of nitrogens with one attached hydrogen (secondary N) is 1. The number of rotatable bonds is 3. The molecule has 1 N–H and O–H groups in total. The van der Waals surface area contributed by atoms with E-state index in [-0.39, 0.29) is 12.0 Å². The molecule has 0 fully saturated rings. The van der Waals surface area contributed by atoms with Gasteiger partial charge in [0.05, 0.1) is 16.1 Å². The summed E-state index contributed by atoms with van der Waals surface area (Å²) in [6.07, 6.45) is 2.53. The second-order valence-electron chi connectivity index (χ2n) is 8.15. The van der Waals surface area contributed by atoms with Crippen molar-refractivity contribution >= 4 is 35.4 Å². The molecule has 0 radical (unpaired) electrons. The van der Waals surface area contributed by atoms with Gasteiger partial charge in [-0.1, -0.05) is 59.6 Å². The van der Waals surface area contributed by atoms with Crippen molar-refractivity contribution < 1.29 is 9.53 Å². The number of alkyl carbamates (subject to hydrolysis) is 1. The number of hydrogen-bond acceptors (Lipinski definition) is 2. The first-order valence-corrected chi connectivity index (χ1v) is 10.1. The van der Waals surface area contributed by atoms with Crippen molar-refractivity contribution in [3.8, 4) is 0 Å². The number of hydrogen-bond donors (Lipinski definition) is 1. The van der Waals surface area contributed by atoms with E-state index in [0.717, 1.165) is 23.1 Å². The maximum Gasteiger partial charge on any atom is 0.408 e. The quantitative estimate of drug-likeness (QED) is 0.594. The smallest absolute Gasteiger partial charge is 0.408 e. The normalized spacial score (nSPS) is 17.4. The monoisotopic (exact) mass is 417 g/mol. The van der Waals surface area contributed by atoms with Crippen molar-refractivity contribution in [1.82, 2.24) is 5.32 Å². The molecule has 5 heteroatoms. The van der Waals surface area contributed by atoms with Crippen LogP contribution in [0.5, 0.6) is 0 Å². The fourth-order valence-electron chi connectivity index (χ4n) is 3.47. The lowest BCUT2D eigenvalue weighted by Gasteiger charge is -2.30. The largest absolute Gasteiger partial charge is 0.444 e. The third kappa shape index (κ3) is 4.89. The summed E-state index contributed by atoms with van der Waals surface area (Å²) in [5.74, 6) is 0.147. The van der Waals surface area contributed by atoms with Crippen LogP contribution in [0.25, 0.3) is 6.08 Å². The number of amides is 1. The molecule has 3 rings (SSSR count). The average Bonchev–Trinajstić information content (AvgIpc) is 2.61. The van der Waals surface area contributed by atoms with Gasteiger partial charge in [0.25, 0.3) is 0 Å². The summed E-state index contributed by atoms with van der Waals surface area (Å²) in [6, 6.07) is 13.9. The van der Waals surface area contributed by atoms with Crippen molar-refractivity contribution in [1.29, 1.82) is 0 Å². The maximum atomic E-state index is 12.2. The van der Waals surface area contributed by atoms with Crippen LogP contribution in [0.4, 0.5) is 4.79 Å². The van der Waals surface area contributed by atoms with Crippen LogP contribution in [0.2, 0.25) is 10.0 Å². The summed E-state index contributed by atoms with van der Waals surface area (Å²) >= 11 is 12.4. The van der Waals surface area contributed by atoms with Gasteiger partial charge in [0.1, 0.15) is 5.60 Å². The van der Waals surface area contributed by atoms with Gasteiger partial charge in [-0.15, -0.1) is 0 Å². The van der Waals surface area contributed by atoms with E-state index in [2.05, 4.69) is 23.5 Å². The van der Waals surface area contributed by atoms with Crippen LogP contribution in [0, 0.1) is 0 Å². The molecule has 28 heavy (non-hydrogen) atoms. The molecule has 0 heterocycles. The molecule has 0 unspecified atom stereocenters. The Kier molecular flexibility index (Phi) is 6.07. The van der Waals surface area contributed by atoms with E-state index in [1.165, 1.54) is 5.56 Å². The standard InChI is InChI=1S/C23H25Cl2NO2/c1-14(26-22(27)28-23(2,3)4)17-11-15-7-5-6-8-18(15)19(12-17)16-9-10-20(24)21(25)13-16/h5-11,13-14,19H,12H2,1-4H3,(H,26,27)/t14-,19+/m1/s1. The van der Waals surface area contributed by atoms with E-state index < -0.39 is 11.7 Å². The van der Waals surface area contributed by atoms with Gasteiger partial charge in [0.15, 0.2) is 0 Å². The minimum Gasteiger partial charge on any atom is -0.444 e. The fraction of sp³-hybridized carbons (Fsp3) is 0.348. The van der Waals surface area contributed by atoms with Gasteiger partial charge < -0.3 is 10.1 Å². The number of halogens is 2. The molecule has 0 bridgehead atoms. The second-order valence-corrected chi connectivity index (χ2v) is 8.96. The first-order valence-electron chi connectivity index (χ1n) is 9.38. The molecule has 0 aromatic heterocycles. The fourth-order valence-corrected chi connectivity index (χ4v) is 3.78. The Morgan fingerprint density at radius 3 is 2.54 bits per heavy atom. The lowest BCUT2D eigenvalue weighted by atomic mass is 9.77. The Morgan fingerprint density at radius 2 is 1.86 bits per heavy atom. The summed E-state index contributed by atoms with van der Waals surface area (Å²) in [7, 11) is 0. The molecule has 1 aliphatic carbocycles. The van der Waals surface area contributed by atoms with Gasteiger partial charge in [-0.2, -0.15) is 0 Å². The Morgan fingerprint density at radius 1 is 1.14 bits per heavy atom. The van der Waals surface area contributed by atoms with Gasteiger partial charge in [-0.25, -0.2) is 4.79 Å². The molecule has 2 aromatic carbocycles. The lowest BCUT2D eigenvalue weighted by Crippen LogP contribution is -2.39. The zero-order valence-electron chi connectivity index (χ0n) is 16.6. The van der Waals surface area contributed by atoms with Crippen molar-refractivity contribution in [2.45, 2.75) is 51.7 Å². The molecule has 0 aliphatic heterocycles. The molecule has 0 saturated heterocycles. The molecular weight excluding hydrogens is 393 g/mol. The lowest BCUT2D eigenvalue weighted by molar-refractivity contribution is 0.0515. The molecule has 3 nitrogen and oxygen atoms in total. The average molecular weight is 418 g/mol. The molecule has 148 valence electrons. The third-order valence-corrected chi connectivity index (χ3v) is 5.53. The number of carbonyl (C=O) groups is 1. The zero-order chi connectivity index (χ0) is 20.5. The van der Waals surface area contributed by atoms with E-state index in [1.807, 2.05) is 58.0 Å². The van der Waals surface area contributed by atoms with Gasteiger partial charge >= 0.3 is 6.09 Å². The zero-order valence-corrected chi connectivity index (χ0v) is 18.1. The Balaban J connectivity index is 1.89. The van der Waals surface area contributed by atoms with Gasteiger partial charge in [0, 0.05) is 5.92 Å². The molecule has 0 saturated carbocycles. The van der Waals surface area contributed by atoms with Crippen molar-refractivity contribution in [3.63, 3.8) is 0 Å². The Bertz CT molecular complexity index is 915. The first-order chi connectivity index (χ1) is 13.1. The Labute approximate surface area is 176 Å². The van der Waals surface area contributed by atoms with Crippen LogP contribution in [-0.4, -0.2) is 17.7 Å². The van der Waals surface area contributed by atoms with Crippen molar-refractivity contribution in [3.05, 3.63) is 74.8 Å². The van der Waals surface area contributed by atoms with Gasteiger partial charge in [-0.3, -0.25) is 0 Å². The molecule has 1 amide bonds. The minimum atomic E-state index is -0.528. The van der Waals surface area contributed by atoms with Crippen LogP contribution in [0.15, 0.2) is 48.0 Å². The highest BCUT2D eigenvalue weighted by atomic mass is 35.5. The van der Waals surface area contributed by atoms with Crippen LogP contribution >= 0.6 is 23.2 Å². The predicted octanol–water partition coefficient (Wildman–Crippen LogP) is 6.83.